The highest BCUT2D eigenvalue weighted by atomic mass is 32.2. The molecule has 0 spiro atoms. The lowest BCUT2D eigenvalue weighted by Gasteiger charge is -2.23. The summed E-state index contributed by atoms with van der Waals surface area (Å²) in [6, 6.07) is 3.64. The summed E-state index contributed by atoms with van der Waals surface area (Å²) in [5.74, 6) is -0.447. The van der Waals surface area contributed by atoms with Crippen molar-refractivity contribution in [2.75, 3.05) is 17.6 Å². The number of rotatable bonds is 6. The van der Waals surface area contributed by atoms with E-state index in [1.54, 1.807) is 26.0 Å². The van der Waals surface area contributed by atoms with Crippen molar-refractivity contribution >= 4 is 27.3 Å². The molecule has 1 aromatic rings. The first kappa shape index (κ1) is 18.3. The molecule has 0 bridgehead atoms. The minimum absolute atomic E-state index is 0.00673. The van der Waals surface area contributed by atoms with E-state index in [1.165, 1.54) is 10.4 Å². The molecule has 1 saturated heterocycles. The summed E-state index contributed by atoms with van der Waals surface area (Å²) in [5, 5.41) is 13.6. The molecule has 24 heavy (non-hydrogen) atoms. The molecule has 0 saturated carbocycles. The molecule has 1 N–H and O–H groups in total. The predicted molar refractivity (Wildman–Crippen MR) is 90.3 cm³/mol. The monoisotopic (exact) mass is 355 g/mol. The standard InChI is InChI=1S/C15H21N3O5S/c1-3-9-24(22,23)17-8-4-5-13(17)15(19)16-12-7-6-11(2)14(10-12)18(20)21/h6-7,10,13H,3-5,8-9H2,1-2H3,(H,16,19). The Morgan fingerprint density at radius 3 is 2.79 bits per heavy atom. The molecule has 1 aliphatic heterocycles. The topological polar surface area (TPSA) is 110 Å². The molecule has 9 heteroatoms. The summed E-state index contributed by atoms with van der Waals surface area (Å²) in [4.78, 5) is 22.9. The Labute approximate surface area is 141 Å². The molecule has 1 amide bonds. The summed E-state index contributed by atoms with van der Waals surface area (Å²) in [7, 11) is -3.46. The van der Waals surface area contributed by atoms with Crippen LogP contribution in [0.15, 0.2) is 18.2 Å². The lowest BCUT2D eigenvalue weighted by molar-refractivity contribution is -0.385. The smallest absolute Gasteiger partial charge is 0.274 e. The number of amides is 1. The van der Waals surface area contributed by atoms with Gasteiger partial charge in [-0.2, -0.15) is 4.31 Å². The van der Waals surface area contributed by atoms with Crippen molar-refractivity contribution in [2.45, 2.75) is 39.2 Å². The second-order valence-electron chi connectivity index (χ2n) is 5.83. The first-order chi connectivity index (χ1) is 11.3. The van der Waals surface area contributed by atoms with E-state index in [1.807, 2.05) is 0 Å². The third-order valence-corrected chi connectivity index (χ3v) is 6.07. The number of hydrogen-bond donors (Lipinski definition) is 1. The molecule has 1 aliphatic rings. The van der Waals surface area contributed by atoms with Crippen molar-refractivity contribution < 1.29 is 18.1 Å². The maximum Gasteiger partial charge on any atom is 0.274 e. The normalized spacial score (nSPS) is 18.5. The average Bonchev–Trinajstić information content (AvgIpc) is 2.99. The highest BCUT2D eigenvalue weighted by molar-refractivity contribution is 7.89. The first-order valence-corrected chi connectivity index (χ1v) is 9.42. The van der Waals surface area contributed by atoms with E-state index in [4.69, 9.17) is 0 Å². The van der Waals surface area contributed by atoms with Crippen molar-refractivity contribution in [3.05, 3.63) is 33.9 Å². The van der Waals surface area contributed by atoms with E-state index in [-0.39, 0.29) is 17.1 Å². The van der Waals surface area contributed by atoms with Crippen LogP contribution in [-0.4, -0.2) is 41.9 Å². The van der Waals surface area contributed by atoms with E-state index in [0.29, 0.717) is 31.4 Å². The van der Waals surface area contributed by atoms with Crippen LogP contribution in [0.3, 0.4) is 0 Å². The molecule has 1 fully saturated rings. The minimum atomic E-state index is -3.46. The second-order valence-corrected chi connectivity index (χ2v) is 7.87. The predicted octanol–water partition coefficient (Wildman–Crippen LogP) is 2.05. The molecular weight excluding hydrogens is 334 g/mol. The van der Waals surface area contributed by atoms with Gasteiger partial charge >= 0.3 is 0 Å². The summed E-state index contributed by atoms with van der Waals surface area (Å²) >= 11 is 0. The van der Waals surface area contributed by atoms with Gasteiger partial charge in [0.2, 0.25) is 15.9 Å². The summed E-state index contributed by atoms with van der Waals surface area (Å²) < 4.78 is 25.7. The molecule has 2 rings (SSSR count). The zero-order valence-corrected chi connectivity index (χ0v) is 14.5. The SMILES string of the molecule is CCCS(=O)(=O)N1CCCC1C(=O)Nc1ccc(C)c([N+](=O)[O-])c1. The second kappa shape index (κ2) is 7.27. The van der Waals surface area contributed by atoms with Gasteiger partial charge in [-0.3, -0.25) is 14.9 Å². The van der Waals surface area contributed by atoms with E-state index in [9.17, 15) is 23.3 Å². The number of aryl methyl sites for hydroxylation is 1. The molecule has 1 atom stereocenters. The van der Waals surface area contributed by atoms with Gasteiger partial charge in [0.05, 0.1) is 10.7 Å². The largest absolute Gasteiger partial charge is 0.324 e. The van der Waals surface area contributed by atoms with E-state index in [0.717, 1.165) is 0 Å². The molecule has 1 unspecified atom stereocenters. The fourth-order valence-electron chi connectivity index (χ4n) is 2.82. The van der Waals surface area contributed by atoms with Gasteiger partial charge in [-0.05, 0) is 32.3 Å². The number of hydrogen-bond acceptors (Lipinski definition) is 5. The molecular formula is C15H21N3O5S. The Hall–Kier alpha value is -2.00. The molecule has 1 aromatic carbocycles. The highest BCUT2D eigenvalue weighted by Crippen LogP contribution is 2.25. The van der Waals surface area contributed by atoms with Crippen LogP contribution in [0.2, 0.25) is 0 Å². The number of nitrogens with one attached hydrogen (secondary N) is 1. The Bertz CT molecular complexity index is 747. The number of nitro groups is 1. The fraction of sp³-hybridized carbons (Fsp3) is 0.533. The van der Waals surface area contributed by atoms with Crippen molar-refractivity contribution in [1.29, 1.82) is 0 Å². The van der Waals surface area contributed by atoms with Crippen LogP contribution in [-0.2, 0) is 14.8 Å². The van der Waals surface area contributed by atoms with E-state index in [2.05, 4.69) is 5.32 Å². The lowest BCUT2D eigenvalue weighted by Crippen LogP contribution is -2.44. The van der Waals surface area contributed by atoms with Gasteiger partial charge in [0.15, 0.2) is 0 Å². The minimum Gasteiger partial charge on any atom is -0.324 e. The Kier molecular flexibility index (Phi) is 5.55. The van der Waals surface area contributed by atoms with E-state index < -0.39 is 26.9 Å². The van der Waals surface area contributed by atoms with Crippen LogP contribution < -0.4 is 5.32 Å². The maximum absolute atomic E-state index is 12.5. The summed E-state index contributed by atoms with van der Waals surface area (Å²) in [6.07, 6.45) is 1.55. The number of anilines is 1. The quantitative estimate of drug-likeness (QED) is 0.620. The number of nitrogens with zero attached hydrogens (tertiary/aromatic N) is 2. The van der Waals surface area contributed by atoms with Gasteiger partial charge in [-0.15, -0.1) is 0 Å². The highest BCUT2D eigenvalue weighted by Gasteiger charge is 2.38. The zero-order chi connectivity index (χ0) is 17.9. The number of nitro benzene ring substituents is 1. The first-order valence-electron chi connectivity index (χ1n) is 7.81. The number of sulfonamides is 1. The van der Waals surface area contributed by atoms with Crippen LogP contribution in [0.5, 0.6) is 0 Å². The van der Waals surface area contributed by atoms with Crippen molar-refractivity contribution in [2.24, 2.45) is 0 Å². The van der Waals surface area contributed by atoms with Gasteiger partial charge in [0, 0.05) is 23.9 Å². The average molecular weight is 355 g/mol. The van der Waals surface area contributed by atoms with Crippen LogP contribution >= 0.6 is 0 Å². The number of carbonyl (C=O) groups excluding carboxylic acids is 1. The van der Waals surface area contributed by atoms with Gasteiger partial charge in [0.25, 0.3) is 5.69 Å². The lowest BCUT2D eigenvalue weighted by atomic mass is 10.1. The molecule has 0 aromatic heterocycles. The third-order valence-electron chi connectivity index (χ3n) is 4.00. The zero-order valence-electron chi connectivity index (χ0n) is 13.7. The van der Waals surface area contributed by atoms with Crippen LogP contribution in [0, 0.1) is 17.0 Å². The number of benzene rings is 1. The van der Waals surface area contributed by atoms with Crippen LogP contribution in [0.1, 0.15) is 31.7 Å². The molecule has 8 nitrogen and oxygen atoms in total. The molecule has 0 aliphatic carbocycles. The number of carbonyl (C=O) groups is 1. The van der Waals surface area contributed by atoms with Gasteiger partial charge in [-0.1, -0.05) is 13.0 Å². The van der Waals surface area contributed by atoms with Crippen molar-refractivity contribution in [3.8, 4) is 0 Å². The van der Waals surface area contributed by atoms with Crippen LogP contribution in [0.4, 0.5) is 11.4 Å². The molecule has 132 valence electrons. The Morgan fingerprint density at radius 1 is 1.46 bits per heavy atom. The van der Waals surface area contributed by atoms with Crippen molar-refractivity contribution in [3.63, 3.8) is 0 Å². The van der Waals surface area contributed by atoms with Gasteiger partial charge in [-0.25, -0.2) is 8.42 Å². The van der Waals surface area contributed by atoms with Crippen LogP contribution in [0.25, 0.3) is 0 Å². The maximum atomic E-state index is 12.5. The fourth-order valence-corrected chi connectivity index (χ4v) is 4.57. The summed E-state index contributed by atoms with van der Waals surface area (Å²) in [6.45, 7) is 3.71. The Morgan fingerprint density at radius 2 is 2.17 bits per heavy atom. The summed E-state index contributed by atoms with van der Waals surface area (Å²) in [5.41, 5.74) is 0.692. The van der Waals surface area contributed by atoms with Crippen molar-refractivity contribution in [1.82, 2.24) is 4.31 Å². The Balaban J connectivity index is 2.17. The molecule has 0 radical (unpaired) electrons. The van der Waals surface area contributed by atoms with Gasteiger partial charge < -0.3 is 5.32 Å². The third kappa shape index (κ3) is 3.90. The van der Waals surface area contributed by atoms with Gasteiger partial charge in [0.1, 0.15) is 6.04 Å². The van der Waals surface area contributed by atoms with E-state index >= 15 is 0 Å². The molecule has 1 heterocycles.